The SMILES string of the molecule is CC(COCCOCCOS(C)(=O)=O)=NOC(C)(C)C. The summed E-state index contributed by atoms with van der Waals surface area (Å²) >= 11 is 0. The molecule has 0 unspecified atom stereocenters. The van der Waals surface area contributed by atoms with Crippen LogP contribution in [0.15, 0.2) is 5.16 Å². The first-order valence-electron chi connectivity index (χ1n) is 6.32. The van der Waals surface area contributed by atoms with E-state index in [2.05, 4.69) is 9.34 Å². The molecule has 0 rings (SSSR count). The molecule has 0 N–H and O–H groups in total. The molecule has 0 aromatic rings. The maximum absolute atomic E-state index is 10.6. The van der Waals surface area contributed by atoms with Crippen LogP contribution in [0.1, 0.15) is 27.7 Å². The van der Waals surface area contributed by atoms with E-state index in [1.54, 1.807) is 0 Å². The highest BCUT2D eigenvalue weighted by Crippen LogP contribution is 2.06. The molecule has 7 nitrogen and oxygen atoms in total. The first-order valence-corrected chi connectivity index (χ1v) is 8.13. The van der Waals surface area contributed by atoms with Gasteiger partial charge in [-0.2, -0.15) is 8.42 Å². The second-order valence-corrected chi connectivity index (χ2v) is 6.87. The lowest BCUT2D eigenvalue weighted by Crippen LogP contribution is -2.18. The van der Waals surface area contributed by atoms with E-state index in [0.717, 1.165) is 12.0 Å². The molecule has 0 aliphatic heterocycles. The minimum absolute atomic E-state index is 0.0126. The lowest BCUT2D eigenvalue weighted by Gasteiger charge is -2.16. The van der Waals surface area contributed by atoms with Gasteiger partial charge in [0.15, 0.2) is 0 Å². The minimum atomic E-state index is -3.39. The van der Waals surface area contributed by atoms with E-state index in [0.29, 0.717) is 19.8 Å². The third-order valence-electron chi connectivity index (χ3n) is 1.68. The summed E-state index contributed by atoms with van der Waals surface area (Å²) in [5.74, 6) is 0. The van der Waals surface area contributed by atoms with Gasteiger partial charge in [0.1, 0.15) is 5.60 Å². The van der Waals surface area contributed by atoms with Crippen LogP contribution in [0.4, 0.5) is 0 Å². The second kappa shape index (κ2) is 9.28. The summed E-state index contributed by atoms with van der Waals surface area (Å²) in [4.78, 5) is 5.24. The predicted molar refractivity (Wildman–Crippen MR) is 76.4 cm³/mol. The molecular formula is C12H25NO6S. The van der Waals surface area contributed by atoms with Crippen LogP contribution in [0.2, 0.25) is 0 Å². The summed E-state index contributed by atoms with van der Waals surface area (Å²) in [5.41, 5.74) is 0.421. The average molecular weight is 311 g/mol. The van der Waals surface area contributed by atoms with Crippen molar-refractivity contribution in [1.82, 2.24) is 0 Å². The summed E-state index contributed by atoms with van der Waals surface area (Å²) in [6.07, 6.45) is 0.998. The van der Waals surface area contributed by atoms with Crippen LogP contribution in [0.25, 0.3) is 0 Å². The molecule has 0 aromatic heterocycles. The Balaban J connectivity index is 3.49. The van der Waals surface area contributed by atoms with E-state index >= 15 is 0 Å². The number of hydrogen-bond donors (Lipinski definition) is 0. The molecule has 0 aromatic carbocycles. The van der Waals surface area contributed by atoms with Gasteiger partial charge >= 0.3 is 0 Å². The first kappa shape index (κ1) is 19.3. The van der Waals surface area contributed by atoms with Crippen LogP contribution in [-0.2, 0) is 28.6 Å². The van der Waals surface area contributed by atoms with Crippen LogP contribution in [-0.4, -0.2) is 59.0 Å². The molecule has 120 valence electrons. The Kier molecular flexibility index (Phi) is 8.95. The van der Waals surface area contributed by atoms with Crippen LogP contribution < -0.4 is 0 Å². The van der Waals surface area contributed by atoms with Crippen molar-refractivity contribution in [2.75, 3.05) is 39.3 Å². The zero-order valence-corrected chi connectivity index (χ0v) is 13.7. The van der Waals surface area contributed by atoms with Gasteiger partial charge in [-0.15, -0.1) is 0 Å². The highest BCUT2D eigenvalue weighted by atomic mass is 32.2. The number of ether oxygens (including phenoxy) is 2. The zero-order chi connectivity index (χ0) is 15.6. The second-order valence-electron chi connectivity index (χ2n) is 5.22. The van der Waals surface area contributed by atoms with Gasteiger partial charge in [0.25, 0.3) is 10.1 Å². The average Bonchev–Trinajstić information content (AvgIpc) is 2.27. The Labute approximate surface area is 121 Å². The van der Waals surface area contributed by atoms with Crippen LogP contribution in [0.5, 0.6) is 0 Å². The highest BCUT2D eigenvalue weighted by Gasteiger charge is 2.10. The zero-order valence-electron chi connectivity index (χ0n) is 12.8. The summed E-state index contributed by atoms with van der Waals surface area (Å²) in [6.45, 7) is 8.88. The van der Waals surface area contributed by atoms with Gasteiger partial charge in [-0.25, -0.2) is 0 Å². The van der Waals surface area contributed by atoms with E-state index in [-0.39, 0.29) is 18.8 Å². The molecule has 0 saturated heterocycles. The van der Waals surface area contributed by atoms with Crippen molar-refractivity contribution >= 4 is 15.8 Å². The topological polar surface area (TPSA) is 83.4 Å². The van der Waals surface area contributed by atoms with Gasteiger partial charge in [-0.05, 0) is 27.7 Å². The fourth-order valence-electron chi connectivity index (χ4n) is 0.925. The van der Waals surface area contributed by atoms with Gasteiger partial charge < -0.3 is 14.3 Å². The maximum atomic E-state index is 10.6. The van der Waals surface area contributed by atoms with Crippen LogP contribution in [0.3, 0.4) is 0 Å². The quantitative estimate of drug-likeness (QED) is 0.261. The van der Waals surface area contributed by atoms with Crippen molar-refractivity contribution < 1.29 is 26.9 Å². The van der Waals surface area contributed by atoms with Crippen LogP contribution in [0, 0.1) is 0 Å². The van der Waals surface area contributed by atoms with E-state index in [1.807, 2.05) is 27.7 Å². The predicted octanol–water partition coefficient (Wildman–Crippen LogP) is 1.19. The molecule has 0 bridgehead atoms. The lowest BCUT2D eigenvalue weighted by molar-refractivity contribution is -0.00145. The monoisotopic (exact) mass is 311 g/mol. The molecule has 0 heterocycles. The smallest absolute Gasteiger partial charge is 0.264 e. The Morgan fingerprint density at radius 3 is 2.15 bits per heavy atom. The molecule has 0 aliphatic carbocycles. The Hall–Kier alpha value is -0.700. The minimum Gasteiger partial charge on any atom is -0.390 e. The Morgan fingerprint density at radius 2 is 1.60 bits per heavy atom. The van der Waals surface area contributed by atoms with Gasteiger partial charge in [0, 0.05) is 0 Å². The van der Waals surface area contributed by atoms with Crippen molar-refractivity contribution in [3.8, 4) is 0 Å². The van der Waals surface area contributed by atoms with E-state index in [4.69, 9.17) is 14.3 Å². The largest absolute Gasteiger partial charge is 0.390 e. The number of nitrogens with zero attached hydrogens (tertiary/aromatic N) is 1. The Morgan fingerprint density at radius 1 is 1.05 bits per heavy atom. The fourth-order valence-corrected chi connectivity index (χ4v) is 1.30. The number of hydrogen-bond acceptors (Lipinski definition) is 7. The maximum Gasteiger partial charge on any atom is 0.264 e. The molecule has 20 heavy (non-hydrogen) atoms. The van der Waals surface area contributed by atoms with E-state index < -0.39 is 10.1 Å². The van der Waals surface area contributed by atoms with Gasteiger partial charge in [-0.3, -0.25) is 4.18 Å². The Bertz CT molecular complexity index is 385. The van der Waals surface area contributed by atoms with Gasteiger partial charge in [0.2, 0.25) is 0 Å². The lowest BCUT2D eigenvalue weighted by atomic mass is 10.2. The molecule has 0 aliphatic rings. The third-order valence-corrected chi connectivity index (χ3v) is 2.28. The van der Waals surface area contributed by atoms with Gasteiger partial charge in [-0.1, -0.05) is 5.16 Å². The van der Waals surface area contributed by atoms with Crippen molar-refractivity contribution in [3.05, 3.63) is 0 Å². The summed E-state index contributed by atoms with van der Waals surface area (Å²) in [5, 5.41) is 3.93. The molecule has 0 radical (unpaired) electrons. The van der Waals surface area contributed by atoms with Crippen molar-refractivity contribution in [2.24, 2.45) is 5.16 Å². The first-order chi connectivity index (χ1) is 9.10. The highest BCUT2D eigenvalue weighted by molar-refractivity contribution is 7.85. The van der Waals surface area contributed by atoms with Crippen molar-refractivity contribution in [1.29, 1.82) is 0 Å². The molecular weight excluding hydrogens is 286 g/mol. The van der Waals surface area contributed by atoms with Crippen molar-refractivity contribution in [3.63, 3.8) is 0 Å². The molecule has 0 amide bonds. The fraction of sp³-hybridized carbons (Fsp3) is 0.917. The normalized spacial score (nSPS) is 13.6. The molecule has 0 fully saturated rings. The molecule has 0 spiro atoms. The number of rotatable bonds is 10. The summed E-state index contributed by atoms with van der Waals surface area (Å²) < 4.78 is 36.3. The van der Waals surface area contributed by atoms with E-state index in [9.17, 15) is 8.42 Å². The summed E-state index contributed by atoms with van der Waals surface area (Å²) in [7, 11) is -3.39. The summed E-state index contributed by atoms with van der Waals surface area (Å²) in [6, 6.07) is 0. The molecule has 8 heteroatoms. The molecule has 0 atom stereocenters. The van der Waals surface area contributed by atoms with Crippen molar-refractivity contribution in [2.45, 2.75) is 33.3 Å². The standard InChI is InChI=1S/C12H25NO6S/c1-11(13-19-12(2,3)4)10-17-7-6-16-8-9-18-20(5,14)15/h6-10H2,1-5H3. The number of oxime groups is 1. The molecule has 0 saturated carbocycles. The van der Waals surface area contributed by atoms with Crippen LogP contribution >= 0.6 is 0 Å². The third kappa shape index (κ3) is 15.4. The van der Waals surface area contributed by atoms with Gasteiger partial charge in [0.05, 0.1) is 45.0 Å². The van der Waals surface area contributed by atoms with E-state index in [1.165, 1.54) is 0 Å².